The first-order chi connectivity index (χ1) is 14.1. The number of ether oxygens (including phenoxy) is 1. The lowest BCUT2D eigenvalue weighted by molar-refractivity contribution is -0.384. The third kappa shape index (κ3) is 2.95. The number of sulfone groups is 1. The van der Waals surface area contributed by atoms with Crippen LogP contribution in [0.1, 0.15) is 18.9 Å². The molecule has 11 nitrogen and oxygen atoms in total. The van der Waals surface area contributed by atoms with Crippen molar-refractivity contribution in [1.82, 2.24) is 14.5 Å². The Balaban J connectivity index is 1.58. The molecule has 0 saturated carbocycles. The minimum Gasteiger partial charge on any atom is -0.459 e. The molecule has 1 aromatic heterocycles. The summed E-state index contributed by atoms with van der Waals surface area (Å²) in [4.78, 5) is 40.3. The first-order valence-electron chi connectivity index (χ1n) is 9.05. The molecule has 158 valence electrons. The van der Waals surface area contributed by atoms with Gasteiger partial charge in [0.05, 0.1) is 17.7 Å². The average Bonchev–Trinajstić information content (AvgIpc) is 3.24. The molecular formula is C18H18N4O7S. The Morgan fingerprint density at radius 1 is 1.37 bits per heavy atom. The fourth-order valence-electron chi connectivity index (χ4n) is 3.96. The van der Waals surface area contributed by atoms with Gasteiger partial charge in [0.25, 0.3) is 5.69 Å². The molecule has 0 radical (unpaired) electrons. The highest BCUT2D eigenvalue weighted by Crippen LogP contribution is 2.47. The Bertz CT molecular complexity index is 1110. The topological polar surface area (TPSA) is 142 Å². The third-order valence-corrected chi connectivity index (χ3v) is 8.38. The monoisotopic (exact) mass is 434 g/mol. The van der Waals surface area contributed by atoms with Crippen LogP contribution in [-0.4, -0.2) is 55.8 Å². The van der Waals surface area contributed by atoms with Gasteiger partial charge in [0.15, 0.2) is 15.9 Å². The van der Waals surface area contributed by atoms with Crippen molar-refractivity contribution in [2.45, 2.75) is 42.7 Å². The molecule has 4 rings (SSSR count). The minimum atomic E-state index is -3.85. The molecule has 2 aliphatic rings. The lowest BCUT2D eigenvalue weighted by Gasteiger charge is -2.36. The number of fused-ring (bicyclic) bond motifs is 1. The summed E-state index contributed by atoms with van der Waals surface area (Å²) in [5.74, 6) is -1.26. The van der Waals surface area contributed by atoms with Crippen LogP contribution in [0.5, 0.6) is 0 Å². The quantitative estimate of drug-likeness (QED) is 0.279. The number of amides is 1. The number of hydrogen-bond donors (Lipinski definition) is 0. The van der Waals surface area contributed by atoms with Crippen molar-refractivity contribution < 1.29 is 27.7 Å². The molecule has 30 heavy (non-hydrogen) atoms. The van der Waals surface area contributed by atoms with E-state index in [1.54, 1.807) is 10.8 Å². The number of nitro benzene ring substituents is 1. The molecule has 3 heterocycles. The molecule has 0 bridgehead atoms. The number of esters is 1. The maximum absolute atomic E-state index is 13.1. The van der Waals surface area contributed by atoms with E-state index >= 15 is 0 Å². The van der Waals surface area contributed by atoms with Crippen LogP contribution < -0.4 is 0 Å². The normalized spacial score (nSPS) is 26.7. The highest BCUT2D eigenvalue weighted by molar-refractivity contribution is 7.93. The Hall–Kier alpha value is -3.28. The summed E-state index contributed by atoms with van der Waals surface area (Å²) in [6, 6.07) is 4.15. The fourth-order valence-corrected chi connectivity index (χ4v) is 6.33. The van der Waals surface area contributed by atoms with Crippen molar-refractivity contribution in [2.24, 2.45) is 0 Å². The minimum absolute atomic E-state index is 0.0626. The summed E-state index contributed by atoms with van der Waals surface area (Å²) in [7, 11) is -3.85. The highest BCUT2D eigenvalue weighted by atomic mass is 32.2. The molecule has 0 spiro atoms. The maximum atomic E-state index is 13.1. The van der Waals surface area contributed by atoms with E-state index in [2.05, 4.69) is 4.98 Å². The summed E-state index contributed by atoms with van der Waals surface area (Å²) in [6.45, 7) is 1.17. The molecule has 0 aliphatic carbocycles. The van der Waals surface area contributed by atoms with Gasteiger partial charge in [-0.25, -0.2) is 18.2 Å². The smallest absolute Gasteiger partial charge is 0.330 e. The number of benzene rings is 1. The van der Waals surface area contributed by atoms with E-state index in [0.29, 0.717) is 5.56 Å². The molecule has 2 aromatic rings. The number of carbonyl (C=O) groups excluding carboxylic acids is 2. The number of non-ortho nitro benzene ring substituents is 1. The van der Waals surface area contributed by atoms with Crippen molar-refractivity contribution in [3.8, 4) is 0 Å². The van der Waals surface area contributed by atoms with Gasteiger partial charge in [-0.05, 0) is 24.6 Å². The Labute approximate surface area is 171 Å². The van der Waals surface area contributed by atoms with Crippen LogP contribution in [-0.2, 0) is 37.3 Å². The fraction of sp³-hybridized carbons (Fsp3) is 0.389. The van der Waals surface area contributed by atoms with Gasteiger partial charge >= 0.3 is 5.97 Å². The summed E-state index contributed by atoms with van der Waals surface area (Å²) in [6.07, 6.45) is 4.36. The van der Waals surface area contributed by atoms with Gasteiger partial charge in [0.1, 0.15) is 16.7 Å². The second-order valence-electron chi connectivity index (χ2n) is 7.49. The van der Waals surface area contributed by atoms with Crippen LogP contribution in [0.4, 0.5) is 5.69 Å². The molecule has 1 amide bonds. The summed E-state index contributed by atoms with van der Waals surface area (Å²) in [5, 5.41) is 9.69. The van der Waals surface area contributed by atoms with E-state index in [1.807, 2.05) is 0 Å². The van der Waals surface area contributed by atoms with E-state index in [0.717, 1.165) is 4.90 Å². The van der Waals surface area contributed by atoms with Crippen LogP contribution >= 0.6 is 0 Å². The van der Waals surface area contributed by atoms with Crippen LogP contribution in [0.15, 0.2) is 43.0 Å². The Morgan fingerprint density at radius 3 is 2.63 bits per heavy atom. The number of nitro groups is 1. The Morgan fingerprint density at radius 2 is 2.07 bits per heavy atom. The summed E-state index contributed by atoms with van der Waals surface area (Å²) >= 11 is 0. The molecule has 12 heteroatoms. The van der Waals surface area contributed by atoms with Gasteiger partial charge < -0.3 is 14.2 Å². The number of nitrogens with zero attached hydrogens (tertiary/aromatic N) is 4. The summed E-state index contributed by atoms with van der Waals surface area (Å²) in [5.41, 5.74) is 0.395. The van der Waals surface area contributed by atoms with Gasteiger partial charge in [-0.1, -0.05) is 0 Å². The van der Waals surface area contributed by atoms with E-state index in [1.165, 1.54) is 43.7 Å². The number of imidazole rings is 1. The van der Waals surface area contributed by atoms with Gasteiger partial charge in [0, 0.05) is 31.1 Å². The summed E-state index contributed by atoms with van der Waals surface area (Å²) < 4.78 is 31.6. The van der Waals surface area contributed by atoms with Crippen molar-refractivity contribution in [3.63, 3.8) is 0 Å². The van der Waals surface area contributed by atoms with Crippen molar-refractivity contribution >= 4 is 27.4 Å². The van der Waals surface area contributed by atoms with Crippen LogP contribution in [0.2, 0.25) is 0 Å². The molecule has 2 fully saturated rings. The van der Waals surface area contributed by atoms with Crippen molar-refractivity contribution in [2.75, 3.05) is 0 Å². The number of rotatable bonds is 6. The second kappa shape index (κ2) is 6.90. The van der Waals surface area contributed by atoms with Crippen LogP contribution in [0.3, 0.4) is 0 Å². The molecule has 3 atom stereocenters. The zero-order valence-electron chi connectivity index (χ0n) is 15.9. The lowest BCUT2D eigenvalue weighted by Crippen LogP contribution is -2.58. The maximum Gasteiger partial charge on any atom is 0.330 e. The first kappa shape index (κ1) is 20.0. The largest absolute Gasteiger partial charge is 0.459 e. The lowest BCUT2D eigenvalue weighted by atomic mass is 9.96. The second-order valence-corrected chi connectivity index (χ2v) is 10.1. The van der Waals surface area contributed by atoms with E-state index < -0.39 is 42.8 Å². The van der Waals surface area contributed by atoms with Crippen molar-refractivity contribution in [3.05, 3.63) is 58.7 Å². The van der Waals surface area contributed by atoms with Gasteiger partial charge in [-0.15, -0.1) is 0 Å². The van der Waals surface area contributed by atoms with E-state index in [9.17, 15) is 28.1 Å². The molecular weight excluding hydrogens is 416 g/mol. The molecule has 2 aliphatic heterocycles. The first-order valence-corrected chi connectivity index (χ1v) is 10.6. The van der Waals surface area contributed by atoms with Gasteiger partial charge in [-0.2, -0.15) is 0 Å². The van der Waals surface area contributed by atoms with Crippen molar-refractivity contribution in [1.29, 1.82) is 0 Å². The standard InChI is InChI=1S/C18H18N4O7S/c1-18(10-20-7-6-19-11-20)16(21-14(23)8-15(21)30(18,27)28)17(24)29-9-12-2-4-13(5-3-12)22(25)26/h2-7,11,15-16H,8-10H2,1H3/t15-,16+,18+/m1/s1. The predicted octanol–water partition coefficient (Wildman–Crippen LogP) is 0.649. The number of hydrogen-bond acceptors (Lipinski definition) is 8. The number of aromatic nitrogens is 2. The third-order valence-electron chi connectivity index (χ3n) is 5.62. The SMILES string of the molecule is C[C@]1(Cn2ccnc2)[C@H](C(=O)OCc2ccc([N+](=O)[O-])cc2)N2C(=O)C[C@H]2S1(=O)=O. The van der Waals surface area contributed by atoms with E-state index in [-0.39, 0.29) is 25.3 Å². The number of β-lactam (4-membered cyclic amide) rings is 1. The average molecular weight is 434 g/mol. The molecule has 1 aromatic carbocycles. The molecule has 0 N–H and O–H groups in total. The zero-order chi connectivity index (χ0) is 21.7. The molecule has 0 unspecified atom stereocenters. The van der Waals surface area contributed by atoms with Crippen LogP contribution in [0.25, 0.3) is 0 Å². The van der Waals surface area contributed by atoms with Gasteiger partial charge in [0.2, 0.25) is 5.91 Å². The van der Waals surface area contributed by atoms with Crippen LogP contribution in [0, 0.1) is 10.1 Å². The zero-order valence-corrected chi connectivity index (χ0v) is 16.7. The molecule has 2 saturated heterocycles. The van der Waals surface area contributed by atoms with E-state index in [4.69, 9.17) is 4.74 Å². The Kier molecular flexibility index (Phi) is 4.60. The highest BCUT2D eigenvalue weighted by Gasteiger charge is 2.70. The number of carbonyl (C=O) groups is 2. The van der Waals surface area contributed by atoms with Gasteiger partial charge in [-0.3, -0.25) is 14.9 Å². The predicted molar refractivity (Wildman–Crippen MR) is 101 cm³/mol.